The van der Waals surface area contributed by atoms with E-state index in [0.717, 1.165) is 0 Å². The van der Waals surface area contributed by atoms with E-state index in [1.54, 1.807) is 24.3 Å². The number of ether oxygens (including phenoxy) is 2. The van der Waals surface area contributed by atoms with Gasteiger partial charge in [0.15, 0.2) is 0 Å². The zero-order valence-corrected chi connectivity index (χ0v) is 13.6. The van der Waals surface area contributed by atoms with Gasteiger partial charge in [-0.15, -0.1) is 0 Å². The van der Waals surface area contributed by atoms with Gasteiger partial charge in [-0.25, -0.2) is 4.79 Å². The van der Waals surface area contributed by atoms with Crippen LogP contribution in [0.2, 0.25) is 5.02 Å². The quantitative estimate of drug-likeness (QED) is 0.469. The van der Waals surface area contributed by atoms with Crippen molar-refractivity contribution >= 4 is 29.4 Å². The van der Waals surface area contributed by atoms with Gasteiger partial charge < -0.3 is 14.8 Å². The standard InChI is InChI=1S/C16H18ClNO5/c1-4-9-23-15(20)13(10(2)19)14(18-16(21)22-3)11-5-7-12(17)8-6-11/h4-8,13-14H,1,9H2,2-3H3,(H,18,21)/t13?,14-/m0/s1. The van der Waals surface area contributed by atoms with Crippen LogP contribution in [0.25, 0.3) is 0 Å². The summed E-state index contributed by atoms with van der Waals surface area (Å²) in [6.07, 6.45) is 0.618. The van der Waals surface area contributed by atoms with E-state index >= 15 is 0 Å². The largest absolute Gasteiger partial charge is 0.461 e. The monoisotopic (exact) mass is 339 g/mol. The van der Waals surface area contributed by atoms with Gasteiger partial charge in [0.1, 0.15) is 18.3 Å². The normalized spacial score (nSPS) is 12.7. The van der Waals surface area contributed by atoms with Gasteiger partial charge in [0.25, 0.3) is 0 Å². The highest BCUT2D eigenvalue weighted by Crippen LogP contribution is 2.26. The molecule has 0 saturated heterocycles. The number of Topliss-reactive ketones (excluding diaryl/α,β-unsaturated/α-hetero) is 1. The Morgan fingerprint density at radius 3 is 2.39 bits per heavy atom. The predicted molar refractivity (Wildman–Crippen MR) is 85.1 cm³/mol. The Morgan fingerprint density at radius 1 is 1.30 bits per heavy atom. The first-order valence-corrected chi connectivity index (χ1v) is 7.16. The van der Waals surface area contributed by atoms with Gasteiger partial charge in [0, 0.05) is 5.02 Å². The lowest BCUT2D eigenvalue weighted by Crippen LogP contribution is -2.40. The Kier molecular flexibility index (Phi) is 7.28. The minimum Gasteiger partial charge on any atom is -0.461 e. The summed E-state index contributed by atoms with van der Waals surface area (Å²) >= 11 is 5.84. The van der Waals surface area contributed by atoms with Crippen molar-refractivity contribution in [3.05, 3.63) is 47.5 Å². The predicted octanol–water partition coefficient (Wildman–Crippen LogP) is 2.67. The second-order valence-electron chi connectivity index (χ2n) is 4.67. The molecule has 124 valence electrons. The second-order valence-corrected chi connectivity index (χ2v) is 5.11. The molecule has 0 spiro atoms. The fourth-order valence-corrected chi connectivity index (χ4v) is 2.11. The molecule has 7 heteroatoms. The summed E-state index contributed by atoms with van der Waals surface area (Å²) in [4.78, 5) is 35.7. The molecule has 23 heavy (non-hydrogen) atoms. The molecule has 6 nitrogen and oxygen atoms in total. The lowest BCUT2D eigenvalue weighted by Gasteiger charge is -2.24. The molecule has 0 heterocycles. The molecule has 0 fully saturated rings. The summed E-state index contributed by atoms with van der Waals surface area (Å²) in [5.74, 6) is -2.42. The van der Waals surface area contributed by atoms with Crippen molar-refractivity contribution in [3.8, 4) is 0 Å². The number of benzene rings is 1. The van der Waals surface area contributed by atoms with Gasteiger partial charge in [-0.2, -0.15) is 0 Å². The molecule has 1 N–H and O–H groups in total. The van der Waals surface area contributed by atoms with Crippen LogP contribution in [0.1, 0.15) is 18.5 Å². The van der Waals surface area contributed by atoms with Gasteiger partial charge >= 0.3 is 12.1 Å². The van der Waals surface area contributed by atoms with Crippen LogP contribution < -0.4 is 5.32 Å². The van der Waals surface area contributed by atoms with Crippen molar-refractivity contribution in [3.63, 3.8) is 0 Å². The number of nitrogens with one attached hydrogen (secondary N) is 1. The number of rotatable bonds is 7. The maximum absolute atomic E-state index is 12.2. The van der Waals surface area contributed by atoms with Gasteiger partial charge in [0.05, 0.1) is 13.2 Å². The molecule has 0 aliphatic heterocycles. The van der Waals surface area contributed by atoms with E-state index in [9.17, 15) is 14.4 Å². The number of carbonyl (C=O) groups excluding carboxylic acids is 3. The van der Waals surface area contributed by atoms with E-state index in [0.29, 0.717) is 10.6 Å². The Bertz CT molecular complexity index is 585. The molecule has 1 amide bonds. The third-order valence-electron chi connectivity index (χ3n) is 3.06. The van der Waals surface area contributed by atoms with Crippen LogP contribution in [0.5, 0.6) is 0 Å². The lowest BCUT2D eigenvalue weighted by atomic mass is 9.90. The van der Waals surface area contributed by atoms with E-state index < -0.39 is 29.8 Å². The number of ketones is 1. The summed E-state index contributed by atoms with van der Waals surface area (Å²) in [6, 6.07) is 5.47. The summed E-state index contributed by atoms with van der Waals surface area (Å²) in [7, 11) is 1.19. The average molecular weight is 340 g/mol. The van der Waals surface area contributed by atoms with Gasteiger partial charge in [0.2, 0.25) is 0 Å². The molecule has 2 atom stereocenters. The SMILES string of the molecule is C=CCOC(=O)C(C(C)=O)[C@@H](NC(=O)OC)c1ccc(Cl)cc1. The Hall–Kier alpha value is -2.34. The van der Waals surface area contributed by atoms with Crippen LogP contribution in [-0.2, 0) is 19.1 Å². The molecule has 1 aromatic carbocycles. The minimum absolute atomic E-state index is 0.0336. The maximum atomic E-state index is 12.2. The summed E-state index contributed by atoms with van der Waals surface area (Å²) in [5.41, 5.74) is 0.524. The first-order valence-electron chi connectivity index (χ1n) is 6.78. The van der Waals surface area contributed by atoms with Gasteiger partial charge in [-0.3, -0.25) is 9.59 Å². The molecule has 1 unspecified atom stereocenters. The van der Waals surface area contributed by atoms with Crippen molar-refractivity contribution in [1.29, 1.82) is 0 Å². The Labute approximate surface area is 139 Å². The zero-order chi connectivity index (χ0) is 17.4. The average Bonchev–Trinajstić information content (AvgIpc) is 2.52. The van der Waals surface area contributed by atoms with Gasteiger partial charge in [-0.1, -0.05) is 36.4 Å². The highest BCUT2D eigenvalue weighted by molar-refractivity contribution is 6.30. The van der Waals surface area contributed by atoms with Crippen LogP contribution in [-0.4, -0.2) is 31.6 Å². The van der Waals surface area contributed by atoms with E-state index in [1.165, 1.54) is 20.1 Å². The van der Waals surface area contributed by atoms with Crippen LogP contribution in [0.4, 0.5) is 4.79 Å². The molecule has 0 aliphatic carbocycles. The number of esters is 1. The number of alkyl carbamates (subject to hydrolysis) is 1. The van der Waals surface area contributed by atoms with E-state index in [1.807, 2.05) is 0 Å². The van der Waals surface area contributed by atoms with E-state index in [2.05, 4.69) is 16.6 Å². The third-order valence-corrected chi connectivity index (χ3v) is 3.31. The fourth-order valence-electron chi connectivity index (χ4n) is 1.98. The third kappa shape index (κ3) is 5.41. The molecule has 0 bridgehead atoms. The smallest absolute Gasteiger partial charge is 0.407 e. The Balaban J connectivity index is 3.19. The maximum Gasteiger partial charge on any atom is 0.407 e. The van der Waals surface area contributed by atoms with Crippen molar-refractivity contribution in [1.82, 2.24) is 5.32 Å². The highest BCUT2D eigenvalue weighted by Gasteiger charge is 2.36. The molecular formula is C16H18ClNO5. The summed E-state index contributed by atoms with van der Waals surface area (Å²) in [5, 5.41) is 2.97. The van der Waals surface area contributed by atoms with Crippen LogP contribution in [0, 0.1) is 5.92 Å². The molecular weight excluding hydrogens is 322 g/mol. The molecule has 1 rings (SSSR count). The lowest BCUT2D eigenvalue weighted by molar-refractivity contribution is -0.151. The van der Waals surface area contributed by atoms with Crippen molar-refractivity contribution in [2.75, 3.05) is 13.7 Å². The molecule has 1 aromatic rings. The molecule has 0 radical (unpaired) electrons. The van der Waals surface area contributed by atoms with Crippen LogP contribution in [0.15, 0.2) is 36.9 Å². The first kappa shape index (κ1) is 18.7. The van der Waals surface area contributed by atoms with E-state index in [4.69, 9.17) is 16.3 Å². The highest BCUT2D eigenvalue weighted by atomic mass is 35.5. The van der Waals surface area contributed by atoms with Crippen molar-refractivity contribution < 1.29 is 23.9 Å². The van der Waals surface area contributed by atoms with Gasteiger partial charge in [-0.05, 0) is 24.6 Å². The molecule has 0 saturated carbocycles. The minimum atomic E-state index is -1.21. The van der Waals surface area contributed by atoms with Crippen LogP contribution >= 0.6 is 11.6 Å². The molecule has 0 aromatic heterocycles. The fraction of sp³-hybridized carbons (Fsp3) is 0.312. The van der Waals surface area contributed by atoms with E-state index in [-0.39, 0.29) is 6.61 Å². The topological polar surface area (TPSA) is 81.7 Å². The number of methoxy groups -OCH3 is 1. The molecule has 0 aliphatic rings. The second kappa shape index (κ2) is 8.95. The summed E-state index contributed by atoms with van der Waals surface area (Å²) in [6.45, 7) is 4.66. The van der Waals surface area contributed by atoms with Crippen molar-refractivity contribution in [2.45, 2.75) is 13.0 Å². The summed E-state index contributed by atoms with van der Waals surface area (Å²) < 4.78 is 9.52. The first-order chi connectivity index (χ1) is 10.9. The number of halogens is 1. The number of amides is 1. The number of hydrogen-bond donors (Lipinski definition) is 1. The zero-order valence-electron chi connectivity index (χ0n) is 12.9. The number of hydrogen-bond acceptors (Lipinski definition) is 5. The van der Waals surface area contributed by atoms with Crippen molar-refractivity contribution in [2.24, 2.45) is 5.92 Å². The Morgan fingerprint density at radius 2 is 1.91 bits per heavy atom. The number of carbonyl (C=O) groups is 3. The van der Waals surface area contributed by atoms with Crippen LogP contribution in [0.3, 0.4) is 0 Å².